The first kappa shape index (κ1) is 14.3. The molecule has 5 heteroatoms. The van der Waals surface area contributed by atoms with Crippen LogP contribution in [-0.2, 0) is 22.8 Å². The summed E-state index contributed by atoms with van der Waals surface area (Å²) in [6.45, 7) is 4.02. The molecule has 0 aliphatic carbocycles. The van der Waals surface area contributed by atoms with E-state index in [4.69, 9.17) is 0 Å². The first-order valence-electron chi connectivity index (χ1n) is 6.76. The quantitative estimate of drug-likeness (QED) is 0.797. The highest BCUT2D eigenvalue weighted by atomic mass is 32.2. The Morgan fingerprint density at radius 1 is 1.37 bits per heavy atom. The average molecular weight is 282 g/mol. The van der Waals surface area contributed by atoms with Crippen LogP contribution in [0.2, 0.25) is 0 Å². The Balaban J connectivity index is 1.85. The Morgan fingerprint density at radius 2 is 2.16 bits per heavy atom. The minimum atomic E-state index is -2.86. The zero-order valence-corrected chi connectivity index (χ0v) is 12.5. The number of hydrogen-bond acceptors (Lipinski definition) is 4. The molecule has 1 N–H and O–H groups in total. The lowest BCUT2D eigenvalue weighted by atomic mass is 10.1. The molecule has 1 aliphatic rings. The summed E-state index contributed by atoms with van der Waals surface area (Å²) in [5.74, 6) is 0.442. The second-order valence-corrected chi connectivity index (χ2v) is 7.52. The van der Waals surface area contributed by atoms with Gasteiger partial charge in [0.2, 0.25) is 0 Å². The van der Waals surface area contributed by atoms with Gasteiger partial charge in [0.1, 0.15) is 0 Å². The van der Waals surface area contributed by atoms with Gasteiger partial charge in [-0.1, -0.05) is 19.1 Å². The Labute approximate surface area is 115 Å². The fourth-order valence-corrected chi connectivity index (χ4v) is 3.08. The van der Waals surface area contributed by atoms with Crippen LogP contribution < -0.4 is 10.2 Å². The second-order valence-electron chi connectivity index (χ2n) is 5.05. The van der Waals surface area contributed by atoms with Crippen LogP contribution in [0.15, 0.2) is 18.2 Å². The van der Waals surface area contributed by atoms with Crippen LogP contribution in [0.4, 0.5) is 5.69 Å². The van der Waals surface area contributed by atoms with Crippen LogP contribution in [0.25, 0.3) is 0 Å². The molecule has 1 aromatic carbocycles. The predicted molar refractivity (Wildman–Crippen MR) is 79.5 cm³/mol. The van der Waals surface area contributed by atoms with E-state index in [2.05, 4.69) is 35.5 Å². The van der Waals surface area contributed by atoms with Crippen LogP contribution in [0.1, 0.15) is 18.1 Å². The van der Waals surface area contributed by atoms with Crippen molar-refractivity contribution in [2.24, 2.45) is 0 Å². The maximum absolute atomic E-state index is 11.4. The highest BCUT2D eigenvalue weighted by molar-refractivity contribution is 7.91. The van der Waals surface area contributed by atoms with Crippen LogP contribution in [-0.4, -0.2) is 40.1 Å². The third kappa shape index (κ3) is 3.70. The third-order valence-electron chi connectivity index (χ3n) is 3.63. The summed E-state index contributed by atoms with van der Waals surface area (Å²) in [5, 5.41) is 3.20. The molecular weight excluding hydrogens is 260 g/mol. The maximum atomic E-state index is 11.4. The molecule has 106 valence electrons. The Bertz CT molecular complexity index is 540. The van der Waals surface area contributed by atoms with E-state index in [9.17, 15) is 8.42 Å². The molecule has 0 radical (unpaired) electrons. The Hall–Kier alpha value is -1.07. The molecule has 0 fully saturated rings. The van der Waals surface area contributed by atoms with E-state index in [1.807, 2.05) is 0 Å². The highest BCUT2D eigenvalue weighted by Gasteiger charge is 2.15. The fourth-order valence-electron chi connectivity index (χ4n) is 2.33. The number of anilines is 1. The van der Waals surface area contributed by atoms with Gasteiger partial charge in [-0.05, 0) is 23.6 Å². The van der Waals surface area contributed by atoms with E-state index >= 15 is 0 Å². The summed E-state index contributed by atoms with van der Waals surface area (Å²) in [7, 11) is -0.749. The van der Waals surface area contributed by atoms with Crippen LogP contribution in [0.3, 0.4) is 0 Å². The summed E-state index contributed by atoms with van der Waals surface area (Å²) in [5.41, 5.74) is 3.93. The molecule has 4 nitrogen and oxygen atoms in total. The van der Waals surface area contributed by atoms with Crippen molar-refractivity contribution in [1.29, 1.82) is 0 Å². The second kappa shape index (κ2) is 5.92. The van der Waals surface area contributed by atoms with Gasteiger partial charge in [0.25, 0.3) is 0 Å². The summed E-state index contributed by atoms with van der Waals surface area (Å²) in [6.07, 6.45) is 1.10. The first-order valence-corrected chi connectivity index (χ1v) is 8.58. The van der Waals surface area contributed by atoms with E-state index in [1.54, 1.807) is 6.92 Å². The minimum absolute atomic E-state index is 0.219. The van der Waals surface area contributed by atoms with Crippen LogP contribution >= 0.6 is 0 Å². The molecule has 0 saturated carbocycles. The SMILES string of the molecule is CCS(=O)(=O)CCNCc1ccc2c(c1)CCN2C. The molecule has 1 aliphatic heterocycles. The average Bonchev–Trinajstić information content (AvgIpc) is 2.76. The lowest BCUT2D eigenvalue weighted by molar-refractivity contribution is 0.592. The molecule has 19 heavy (non-hydrogen) atoms. The summed E-state index contributed by atoms with van der Waals surface area (Å²) < 4.78 is 22.7. The molecule has 0 amide bonds. The van der Waals surface area contributed by atoms with Crippen molar-refractivity contribution in [3.05, 3.63) is 29.3 Å². The number of likely N-dealkylation sites (N-methyl/N-ethyl adjacent to an activating group) is 1. The molecule has 0 bridgehead atoms. The summed E-state index contributed by atoms with van der Waals surface area (Å²) in [6, 6.07) is 6.49. The predicted octanol–water partition coefficient (Wildman–Crippen LogP) is 1.20. The van der Waals surface area contributed by atoms with Gasteiger partial charge in [0, 0.05) is 38.1 Å². The highest BCUT2D eigenvalue weighted by Crippen LogP contribution is 2.27. The van der Waals surface area contributed by atoms with E-state index in [0.29, 0.717) is 6.54 Å². The number of nitrogens with one attached hydrogen (secondary N) is 1. The number of rotatable bonds is 6. The minimum Gasteiger partial charge on any atom is -0.374 e. The van der Waals surface area contributed by atoms with Crippen molar-refractivity contribution in [1.82, 2.24) is 5.32 Å². The zero-order chi connectivity index (χ0) is 13.9. The molecule has 0 saturated heterocycles. The largest absolute Gasteiger partial charge is 0.374 e. The van der Waals surface area contributed by atoms with Crippen molar-refractivity contribution in [2.45, 2.75) is 19.9 Å². The topological polar surface area (TPSA) is 49.4 Å². The molecule has 2 rings (SSSR count). The number of hydrogen-bond donors (Lipinski definition) is 1. The van der Waals surface area contributed by atoms with E-state index in [-0.39, 0.29) is 11.5 Å². The van der Waals surface area contributed by atoms with E-state index in [0.717, 1.165) is 19.5 Å². The van der Waals surface area contributed by atoms with Gasteiger partial charge < -0.3 is 10.2 Å². The number of nitrogens with zero attached hydrogens (tertiary/aromatic N) is 1. The van der Waals surface area contributed by atoms with Gasteiger partial charge in [-0.2, -0.15) is 0 Å². The van der Waals surface area contributed by atoms with Crippen molar-refractivity contribution in [3.8, 4) is 0 Å². The maximum Gasteiger partial charge on any atom is 0.151 e. The van der Waals surface area contributed by atoms with Crippen molar-refractivity contribution < 1.29 is 8.42 Å². The molecule has 0 atom stereocenters. The van der Waals surface area contributed by atoms with Gasteiger partial charge >= 0.3 is 0 Å². The van der Waals surface area contributed by atoms with Gasteiger partial charge in [0.15, 0.2) is 9.84 Å². The fraction of sp³-hybridized carbons (Fsp3) is 0.571. The molecular formula is C14H22N2O2S. The van der Waals surface area contributed by atoms with Crippen molar-refractivity contribution in [3.63, 3.8) is 0 Å². The Kier molecular flexibility index (Phi) is 4.47. The van der Waals surface area contributed by atoms with Crippen molar-refractivity contribution >= 4 is 15.5 Å². The number of sulfone groups is 1. The first-order chi connectivity index (χ1) is 9.02. The zero-order valence-electron chi connectivity index (χ0n) is 11.6. The van der Waals surface area contributed by atoms with Crippen LogP contribution in [0.5, 0.6) is 0 Å². The van der Waals surface area contributed by atoms with Crippen molar-refractivity contribution in [2.75, 3.05) is 36.5 Å². The van der Waals surface area contributed by atoms with E-state index in [1.165, 1.54) is 16.8 Å². The van der Waals surface area contributed by atoms with Gasteiger partial charge in [-0.25, -0.2) is 8.42 Å². The summed E-state index contributed by atoms with van der Waals surface area (Å²) >= 11 is 0. The molecule has 1 aromatic rings. The van der Waals surface area contributed by atoms with Gasteiger partial charge in [-0.3, -0.25) is 0 Å². The molecule has 0 unspecified atom stereocenters. The molecule has 0 aromatic heterocycles. The standard InChI is InChI=1S/C14H22N2O2S/c1-3-19(17,18)9-7-15-11-12-4-5-14-13(10-12)6-8-16(14)2/h4-5,10,15H,3,6-9,11H2,1-2H3. The van der Waals surface area contributed by atoms with Gasteiger partial charge in [0.05, 0.1) is 5.75 Å². The normalized spacial score (nSPS) is 14.7. The van der Waals surface area contributed by atoms with Gasteiger partial charge in [-0.15, -0.1) is 0 Å². The van der Waals surface area contributed by atoms with E-state index < -0.39 is 9.84 Å². The lowest BCUT2D eigenvalue weighted by Gasteiger charge is -2.12. The number of fused-ring (bicyclic) bond motifs is 1. The van der Waals surface area contributed by atoms with Crippen LogP contribution in [0, 0.1) is 0 Å². The number of benzene rings is 1. The molecule has 1 heterocycles. The third-order valence-corrected chi connectivity index (χ3v) is 5.34. The summed E-state index contributed by atoms with van der Waals surface area (Å²) in [4.78, 5) is 2.26. The molecule has 0 spiro atoms. The smallest absolute Gasteiger partial charge is 0.151 e. The Morgan fingerprint density at radius 3 is 2.89 bits per heavy atom. The lowest BCUT2D eigenvalue weighted by Crippen LogP contribution is -2.23. The monoisotopic (exact) mass is 282 g/mol.